The molecule has 5 nitrogen and oxygen atoms in total. The van der Waals surface area contributed by atoms with Crippen LogP contribution in [0.25, 0.3) is 94.7 Å². The van der Waals surface area contributed by atoms with E-state index in [0.29, 0.717) is 17.5 Å². The van der Waals surface area contributed by atoms with Crippen LogP contribution in [0.15, 0.2) is 174 Å². The van der Waals surface area contributed by atoms with Crippen molar-refractivity contribution >= 4 is 43.7 Å². The third-order valence-electron chi connectivity index (χ3n) is 9.45. The third kappa shape index (κ3) is 4.67. The molecule has 0 saturated carbocycles. The standard InChI is InChI=1S/C45H28N4O/c1-4-12-29(13-5-1)32-20-23-36-35-18-10-11-19-39(35)49(40(36)27-32)34-22-25-42-38(28-34)37-26-33(21-24-41(37)50-42)45-47-43(30-14-6-2-7-15-30)46-44(48-45)31-16-8-3-9-17-31/h1-28H. The Morgan fingerprint density at radius 2 is 0.860 bits per heavy atom. The monoisotopic (exact) mass is 640 g/mol. The quantitative estimate of drug-likeness (QED) is 0.188. The zero-order chi connectivity index (χ0) is 33.0. The van der Waals surface area contributed by atoms with Gasteiger partial charge in [0.15, 0.2) is 17.5 Å². The number of nitrogens with zero attached hydrogens (tertiary/aromatic N) is 4. The molecule has 0 atom stereocenters. The van der Waals surface area contributed by atoms with Gasteiger partial charge < -0.3 is 8.98 Å². The van der Waals surface area contributed by atoms with Crippen molar-refractivity contribution in [1.82, 2.24) is 19.5 Å². The Hall–Kier alpha value is -6.85. The van der Waals surface area contributed by atoms with Gasteiger partial charge in [0.25, 0.3) is 0 Å². The minimum atomic E-state index is 0.612. The van der Waals surface area contributed by atoms with Gasteiger partial charge in [0.1, 0.15) is 11.2 Å². The van der Waals surface area contributed by atoms with E-state index in [2.05, 4.69) is 102 Å². The summed E-state index contributed by atoms with van der Waals surface area (Å²) < 4.78 is 8.76. The van der Waals surface area contributed by atoms with Crippen molar-refractivity contribution in [2.75, 3.05) is 0 Å². The summed E-state index contributed by atoms with van der Waals surface area (Å²) in [4.78, 5) is 14.8. The van der Waals surface area contributed by atoms with E-state index in [1.807, 2.05) is 72.8 Å². The van der Waals surface area contributed by atoms with Crippen molar-refractivity contribution in [2.24, 2.45) is 0 Å². The van der Waals surface area contributed by atoms with Gasteiger partial charge in [0.05, 0.1) is 11.0 Å². The Labute approximate surface area is 287 Å². The third-order valence-corrected chi connectivity index (χ3v) is 9.45. The number of benzene rings is 7. The topological polar surface area (TPSA) is 56.7 Å². The smallest absolute Gasteiger partial charge is 0.164 e. The van der Waals surface area contributed by atoms with E-state index in [1.54, 1.807) is 0 Å². The molecule has 234 valence electrons. The van der Waals surface area contributed by atoms with Crippen molar-refractivity contribution in [3.05, 3.63) is 170 Å². The first-order chi connectivity index (χ1) is 24.8. The van der Waals surface area contributed by atoms with Gasteiger partial charge in [-0.3, -0.25) is 0 Å². The van der Waals surface area contributed by atoms with Gasteiger partial charge >= 0.3 is 0 Å². The lowest BCUT2D eigenvalue weighted by atomic mass is 10.0. The molecule has 0 radical (unpaired) electrons. The fourth-order valence-electron chi connectivity index (χ4n) is 7.04. The Morgan fingerprint density at radius 1 is 0.340 bits per heavy atom. The van der Waals surface area contributed by atoms with E-state index in [0.717, 1.165) is 55.3 Å². The maximum Gasteiger partial charge on any atom is 0.164 e. The van der Waals surface area contributed by atoms with Gasteiger partial charge in [-0.2, -0.15) is 0 Å². The van der Waals surface area contributed by atoms with Gasteiger partial charge in [-0.25, -0.2) is 15.0 Å². The highest BCUT2D eigenvalue weighted by Crippen LogP contribution is 2.38. The maximum absolute atomic E-state index is 6.39. The summed E-state index contributed by atoms with van der Waals surface area (Å²) in [6, 6.07) is 58.7. The highest BCUT2D eigenvalue weighted by Gasteiger charge is 2.17. The summed E-state index contributed by atoms with van der Waals surface area (Å²) in [6.45, 7) is 0. The molecule has 0 aliphatic heterocycles. The zero-order valence-corrected chi connectivity index (χ0v) is 26.9. The number of fused-ring (bicyclic) bond motifs is 6. The summed E-state index contributed by atoms with van der Waals surface area (Å²) in [5, 5.41) is 4.48. The lowest BCUT2D eigenvalue weighted by molar-refractivity contribution is 0.669. The molecule has 0 N–H and O–H groups in total. The first-order valence-corrected chi connectivity index (χ1v) is 16.7. The summed E-state index contributed by atoms with van der Waals surface area (Å²) in [6.07, 6.45) is 0. The Kier molecular flexibility index (Phi) is 6.42. The fraction of sp³-hybridized carbons (Fsp3) is 0. The average molecular weight is 641 g/mol. The number of rotatable bonds is 5. The van der Waals surface area contributed by atoms with E-state index in [1.165, 1.54) is 21.9 Å². The molecule has 7 aromatic carbocycles. The molecule has 5 heteroatoms. The Bertz CT molecular complexity index is 2800. The van der Waals surface area contributed by atoms with Crippen molar-refractivity contribution in [1.29, 1.82) is 0 Å². The molecule has 50 heavy (non-hydrogen) atoms. The van der Waals surface area contributed by atoms with Crippen molar-refractivity contribution in [3.63, 3.8) is 0 Å². The molecule has 3 heterocycles. The van der Waals surface area contributed by atoms with Gasteiger partial charge in [-0.1, -0.05) is 121 Å². The molecule has 0 bridgehead atoms. The SMILES string of the molecule is c1ccc(-c2ccc3c4ccccc4n(-c4ccc5oc6ccc(-c7nc(-c8ccccc8)nc(-c8ccccc8)n7)cc6c5c4)c3c2)cc1. The molecular formula is C45H28N4O. The largest absolute Gasteiger partial charge is 0.456 e. The van der Waals surface area contributed by atoms with Gasteiger partial charge in [-0.05, 0) is 59.7 Å². The molecule has 0 fully saturated rings. The van der Waals surface area contributed by atoms with Gasteiger partial charge in [0, 0.05) is 43.9 Å². The highest BCUT2D eigenvalue weighted by atomic mass is 16.3. The number of aromatic nitrogens is 4. The second-order valence-electron chi connectivity index (χ2n) is 12.5. The molecule has 3 aromatic heterocycles. The summed E-state index contributed by atoms with van der Waals surface area (Å²) in [5.41, 5.74) is 10.2. The minimum absolute atomic E-state index is 0.612. The number of para-hydroxylation sites is 1. The van der Waals surface area contributed by atoms with Crippen molar-refractivity contribution in [2.45, 2.75) is 0 Å². The van der Waals surface area contributed by atoms with E-state index in [-0.39, 0.29) is 0 Å². The van der Waals surface area contributed by atoms with Crippen LogP contribution in [0.1, 0.15) is 0 Å². The second kappa shape index (κ2) is 11.4. The molecule has 0 amide bonds. The fourth-order valence-corrected chi connectivity index (χ4v) is 7.04. The molecule has 10 aromatic rings. The van der Waals surface area contributed by atoms with Crippen molar-refractivity contribution in [3.8, 4) is 51.0 Å². The van der Waals surface area contributed by atoms with Crippen LogP contribution in [0.4, 0.5) is 0 Å². The van der Waals surface area contributed by atoms with Crippen LogP contribution in [0, 0.1) is 0 Å². The van der Waals surface area contributed by atoms with E-state index < -0.39 is 0 Å². The maximum atomic E-state index is 6.39. The predicted octanol–water partition coefficient (Wildman–Crippen LogP) is 11.5. The predicted molar refractivity (Wildman–Crippen MR) is 203 cm³/mol. The average Bonchev–Trinajstić information content (AvgIpc) is 3.73. The lowest BCUT2D eigenvalue weighted by Gasteiger charge is -2.10. The molecule has 0 saturated heterocycles. The van der Waals surface area contributed by atoms with E-state index in [9.17, 15) is 0 Å². The summed E-state index contributed by atoms with van der Waals surface area (Å²) in [5.74, 6) is 1.88. The summed E-state index contributed by atoms with van der Waals surface area (Å²) >= 11 is 0. The first kappa shape index (κ1) is 28.2. The van der Waals surface area contributed by atoms with Crippen LogP contribution in [-0.2, 0) is 0 Å². The Balaban J connectivity index is 1.16. The van der Waals surface area contributed by atoms with Crippen LogP contribution < -0.4 is 0 Å². The van der Waals surface area contributed by atoms with E-state index >= 15 is 0 Å². The lowest BCUT2D eigenvalue weighted by Crippen LogP contribution is -2.00. The van der Waals surface area contributed by atoms with Crippen LogP contribution >= 0.6 is 0 Å². The number of hydrogen-bond acceptors (Lipinski definition) is 4. The van der Waals surface area contributed by atoms with Crippen LogP contribution in [0.3, 0.4) is 0 Å². The number of furan rings is 1. The molecular weight excluding hydrogens is 613 g/mol. The van der Waals surface area contributed by atoms with Crippen molar-refractivity contribution < 1.29 is 4.42 Å². The highest BCUT2D eigenvalue weighted by molar-refractivity contribution is 6.11. The summed E-state index contributed by atoms with van der Waals surface area (Å²) in [7, 11) is 0. The number of hydrogen-bond donors (Lipinski definition) is 0. The first-order valence-electron chi connectivity index (χ1n) is 16.7. The molecule has 0 unspecified atom stereocenters. The normalized spacial score (nSPS) is 11.6. The molecule has 0 aliphatic rings. The Morgan fingerprint density at radius 3 is 1.54 bits per heavy atom. The minimum Gasteiger partial charge on any atom is -0.456 e. The zero-order valence-electron chi connectivity index (χ0n) is 26.9. The van der Waals surface area contributed by atoms with Crippen LogP contribution in [0.2, 0.25) is 0 Å². The van der Waals surface area contributed by atoms with E-state index in [4.69, 9.17) is 19.4 Å². The second-order valence-corrected chi connectivity index (χ2v) is 12.5. The molecule has 0 spiro atoms. The van der Waals surface area contributed by atoms with Crippen LogP contribution in [0.5, 0.6) is 0 Å². The molecule has 0 aliphatic carbocycles. The van der Waals surface area contributed by atoms with Gasteiger partial charge in [-0.15, -0.1) is 0 Å². The molecule has 10 rings (SSSR count). The van der Waals surface area contributed by atoms with Crippen LogP contribution in [-0.4, -0.2) is 19.5 Å². The van der Waals surface area contributed by atoms with Gasteiger partial charge in [0.2, 0.25) is 0 Å².